The summed E-state index contributed by atoms with van der Waals surface area (Å²) in [5.41, 5.74) is 1.53. The molecule has 1 atom stereocenters. The molecule has 2 aromatic rings. The van der Waals surface area contributed by atoms with Gasteiger partial charge in [0.25, 0.3) is 0 Å². The van der Waals surface area contributed by atoms with Gasteiger partial charge < -0.3 is 4.74 Å². The lowest BCUT2D eigenvalue weighted by Crippen LogP contribution is -2.32. The minimum Gasteiger partial charge on any atom is -0.453 e. The molecule has 3 nitrogen and oxygen atoms in total. The molecular weight excluding hydrogens is 324 g/mol. The van der Waals surface area contributed by atoms with Crippen molar-refractivity contribution in [2.75, 3.05) is 0 Å². The van der Waals surface area contributed by atoms with E-state index in [-0.39, 0.29) is 17.8 Å². The minimum atomic E-state index is -0.417. The number of hydrogen-bond acceptors (Lipinski definition) is 3. The molecule has 0 saturated heterocycles. The Bertz CT molecular complexity index is 699. The average molecular weight is 350 g/mol. The Morgan fingerprint density at radius 3 is 2.12 bits per heavy atom. The summed E-state index contributed by atoms with van der Waals surface area (Å²) in [5.74, 6) is 0.0431. The first-order valence-electron chi connectivity index (χ1n) is 9.41. The van der Waals surface area contributed by atoms with Gasteiger partial charge in [-0.15, -0.1) is 0 Å². The summed E-state index contributed by atoms with van der Waals surface area (Å²) >= 11 is 0. The van der Waals surface area contributed by atoms with Crippen LogP contribution in [0.3, 0.4) is 0 Å². The largest absolute Gasteiger partial charge is 0.453 e. The highest BCUT2D eigenvalue weighted by atomic mass is 16.5. The molecule has 0 N–H and O–H groups in total. The third kappa shape index (κ3) is 4.40. The average Bonchev–Trinajstić information content (AvgIpc) is 2.68. The summed E-state index contributed by atoms with van der Waals surface area (Å²) in [6.07, 6.45) is 3.98. The standard InChI is InChI=1S/C23H26O3/c1-23(16-9-8-14-20(23)24)17-15-21(25)26-22(18-10-4-2-5-11-18)19-12-6-3-7-13-19/h2-7,10-13,22H,8-9,14-17H2,1H3/t23-/m1/s1. The molecular formula is C23H26O3. The number of ketones is 1. The molecule has 0 bridgehead atoms. The van der Waals surface area contributed by atoms with Crippen molar-refractivity contribution in [1.82, 2.24) is 0 Å². The van der Waals surface area contributed by atoms with Crippen LogP contribution >= 0.6 is 0 Å². The molecule has 0 spiro atoms. The molecule has 3 rings (SSSR count). The van der Waals surface area contributed by atoms with Crippen molar-refractivity contribution in [3.05, 3.63) is 71.8 Å². The van der Waals surface area contributed by atoms with Gasteiger partial charge in [0.15, 0.2) is 6.10 Å². The fourth-order valence-electron chi connectivity index (χ4n) is 3.66. The minimum absolute atomic E-state index is 0.248. The maximum absolute atomic E-state index is 12.6. The molecule has 0 radical (unpaired) electrons. The molecule has 3 heteroatoms. The molecule has 1 fully saturated rings. The Balaban J connectivity index is 1.69. The Labute approximate surface area is 155 Å². The number of hydrogen-bond donors (Lipinski definition) is 0. The van der Waals surface area contributed by atoms with Gasteiger partial charge in [-0.3, -0.25) is 9.59 Å². The van der Waals surface area contributed by atoms with E-state index in [2.05, 4.69) is 0 Å². The maximum atomic E-state index is 12.6. The molecule has 0 aliphatic heterocycles. The number of rotatable bonds is 6. The topological polar surface area (TPSA) is 43.4 Å². The smallest absolute Gasteiger partial charge is 0.306 e. The fraction of sp³-hybridized carbons (Fsp3) is 0.391. The van der Waals surface area contributed by atoms with Gasteiger partial charge in [-0.1, -0.05) is 74.0 Å². The fourth-order valence-corrected chi connectivity index (χ4v) is 3.66. The summed E-state index contributed by atoms with van der Waals surface area (Å²) in [6.45, 7) is 1.99. The lowest BCUT2D eigenvalue weighted by molar-refractivity contribution is -0.148. The summed E-state index contributed by atoms with van der Waals surface area (Å²) in [7, 11) is 0. The van der Waals surface area contributed by atoms with Crippen LogP contribution < -0.4 is 0 Å². The van der Waals surface area contributed by atoms with Crippen LogP contribution in [0.1, 0.15) is 62.7 Å². The first kappa shape index (κ1) is 18.4. The number of ether oxygens (including phenoxy) is 1. The molecule has 1 aliphatic rings. The normalized spacial score (nSPS) is 20.2. The van der Waals surface area contributed by atoms with Gasteiger partial charge in [-0.2, -0.15) is 0 Å². The van der Waals surface area contributed by atoms with Crippen molar-refractivity contribution in [3.63, 3.8) is 0 Å². The van der Waals surface area contributed by atoms with Crippen molar-refractivity contribution >= 4 is 11.8 Å². The molecule has 0 heterocycles. The lowest BCUT2D eigenvalue weighted by Gasteiger charge is -2.31. The summed E-state index contributed by atoms with van der Waals surface area (Å²) < 4.78 is 5.84. The highest BCUT2D eigenvalue weighted by Crippen LogP contribution is 2.37. The van der Waals surface area contributed by atoms with E-state index in [0.29, 0.717) is 18.6 Å². The lowest BCUT2D eigenvalue weighted by atomic mass is 9.72. The summed E-state index contributed by atoms with van der Waals surface area (Å²) in [6, 6.07) is 19.6. The van der Waals surface area contributed by atoms with Crippen molar-refractivity contribution in [2.24, 2.45) is 5.41 Å². The third-order valence-corrected chi connectivity index (χ3v) is 5.39. The SMILES string of the molecule is C[C@]1(CCC(=O)OC(c2ccccc2)c2ccccc2)CCCCC1=O. The Morgan fingerprint density at radius 2 is 1.58 bits per heavy atom. The van der Waals surface area contributed by atoms with Crippen LogP contribution in [0.25, 0.3) is 0 Å². The summed E-state index contributed by atoms with van der Waals surface area (Å²) in [4.78, 5) is 24.8. The first-order chi connectivity index (χ1) is 12.6. The number of carbonyl (C=O) groups excluding carboxylic acids is 2. The number of carbonyl (C=O) groups is 2. The number of esters is 1. The molecule has 0 unspecified atom stereocenters. The van der Waals surface area contributed by atoms with Crippen molar-refractivity contribution in [2.45, 2.75) is 51.6 Å². The monoisotopic (exact) mass is 350 g/mol. The van der Waals surface area contributed by atoms with Crippen molar-refractivity contribution in [1.29, 1.82) is 0 Å². The molecule has 0 aromatic heterocycles. The van der Waals surface area contributed by atoms with Crippen LogP contribution in [0.2, 0.25) is 0 Å². The predicted molar refractivity (Wildman–Crippen MR) is 102 cm³/mol. The third-order valence-electron chi connectivity index (χ3n) is 5.39. The molecule has 2 aromatic carbocycles. The van der Waals surface area contributed by atoms with E-state index in [1.54, 1.807) is 0 Å². The van der Waals surface area contributed by atoms with E-state index < -0.39 is 6.10 Å². The van der Waals surface area contributed by atoms with Crippen LogP contribution in [-0.4, -0.2) is 11.8 Å². The molecule has 26 heavy (non-hydrogen) atoms. The van der Waals surface area contributed by atoms with Gasteiger partial charge in [0.2, 0.25) is 0 Å². The molecule has 1 aliphatic carbocycles. The first-order valence-corrected chi connectivity index (χ1v) is 9.41. The van der Waals surface area contributed by atoms with E-state index in [1.165, 1.54) is 0 Å². The van der Waals surface area contributed by atoms with Crippen LogP contribution in [-0.2, 0) is 14.3 Å². The van der Waals surface area contributed by atoms with Crippen LogP contribution in [0.4, 0.5) is 0 Å². The predicted octanol–water partition coefficient (Wildman–Crippen LogP) is 5.25. The van der Waals surface area contributed by atoms with Gasteiger partial charge >= 0.3 is 5.97 Å². The second kappa shape index (κ2) is 8.31. The van der Waals surface area contributed by atoms with Crippen molar-refractivity contribution < 1.29 is 14.3 Å². The van der Waals surface area contributed by atoms with E-state index in [9.17, 15) is 9.59 Å². The molecule has 0 amide bonds. The quantitative estimate of drug-likeness (QED) is 0.668. The van der Waals surface area contributed by atoms with E-state index in [0.717, 1.165) is 30.4 Å². The van der Waals surface area contributed by atoms with Crippen LogP contribution in [0.5, 0.6) is 0 Å². The number of benzene rings is 2. The van der Waals surface area contributed by atoms with Crippen molar-refractivity contribution in [3.8, 4) is 0 Å². The maximum Gasteiger partial charge on any atom is 0.306 e. The van der Waals surface area contributed by atoms with Gasteiger partial charge in [0, 0.05) is 18.3 Å². The zero-order valence-corrected chi connectivity index (χ0v) is 15.3. The highest BCUT2D eigenvalue weighted by Gasteiger charge is 2.35. The van der Waals surface area contributed by atoms with Crippen LogP contribution in [0, 0.1) is 5.41 Å². The molecule has 1 saturated carbocycles. The van der Waals surface area contributed by atoms with Gasteiger partial charge in [0.1, 0.15) is 5.78 Å². The van der Waals surface area contributed by atoms with Gasteiger partial charge in [-0.25, -0.2) is 0 Å². The second-order valence-corrected chi connectivity index (χ2v) is 7.38. The van der Waals surface area contributed by atoms with E-state index in [1.807, 2.05) is 67.6 Å². The Morgan fingerprint density at radius 1 is 1.00 bits per heavy atom. The zero-order valence-electron chi connectivity index (χ0n) is 15.3. The highest BCUT2D eigenvalue weighted by molar-refractivity contribution is 5.85. The Hall–Kier alpha value is -2.42. The second-order valence-electron chi connectivity index (χ2n) is 7.38. The molecule has 136 valence electrons. The van der Waals surface area contributed by atoms with E-state index in [4.69, 9.17) is 4.74 Å². The van der Waals surface area contributed by atoms with Crippen LogP contribution in [0.15, 0.2) is 60.7 Å². The van der Waals surface area contributed by atoms with E-state index >= 15 is 0 Å². The Kier molecular flexibility index (Phi) is 5.87. The van der Waals surface area contributed by atoms with Gasteiger partial charge in [0.05, 0.1) is 0 Å². The summed E-state index contributed by atoms with van der Waals surface area (Å²) in [5, 5.41) is 0. The van der Waals surface area contributed by atoms with Gasteiger partial charge in [-0.05, 0) is 30.4 Å². The number of Topliss-reactive ketones (excluding diaryl/α,β-unsaturated/α-hetero) is 1. The zero-order chi connectivity index (χ0) is 18.4.